The van der Waals surface area contributed by atoms with Gasteiger partial charge in [0.1, 0.15) is 9.84 Å². The van der Waals surface area contributed by atoms with Crippen LogP contribution in [0.2, 0.25) is 0 Å². The lowest BCUT2D eigenvalue weighted by molar-refractivity contribution is 0.545. The topological polar surface area (TPSA) is 46.2 Å². The number of nitrogens with one attached hydrogen (secondary N) is 1. The number of rotatable bonds is 5. The maximum Gasteiger partial charge on any atom is 0.148 e. The van der Waals surface area contributed by atoms with Crippen LogP contribution in [0.15, 0.2) is 0 Å². The van der Waals surface area contributed by atoms with Crippen LogP contribution in [-0.4, -0.2) is 33.0 Å². The fraction of sp³-hybridized carbons (Fsp3) is 1.00. The van der Waals surface area contributed by atoms with Crippen LogP contribution in [-0.2, 0) is 9.84 Å². The van der Waals surface area contributed by atoms with Crippen LogP contribution in [0.3, 0.4) is 0 Å². The molecule has 0 saturated heterocycles. The normalized spacial score (nSPS) is 20.8. The van der Waals surface area contributed by atoms with Gasteiger partial charge in [0.2, 0.25) is 0 Å². The Morgan fingerprint density at radius 1 is 1.50 bits per heavy atom. The Kier molecular flexibility index (Phi) is 3.12. The van der Waals surface area contributed by atoms with E-state index in [4.69, 9.17) is 0 Å². The van der Waals surface area contributed by atoms with Gasteiger partial charge in [0.15, 0.2) is 0 Å². The van der Waals surface area contributed by atoms with Crippen molar-refractivity contribution in [2.45, 2.75) is 25.8 Å². The van der Waals surface area contributed by atoms with Crippen LogP contribution < -0.4 is 5.32 Å². The third kappa shape index (κ3) is 4.72. The molecule has 12 heavy (non-hydrogen) atoms. The lowest BCUT2D eigenvalue weighted by Gasteiger charge is -2.11. The average molecular weight is 191 g/mol. The predicted molar refractivity (Wildman–Crippen MR) is 49.9 cm³/mol. The fourth-order valence-corrected chi connectivity index (χ4v) is 2.23. The van der Waals surface area contributed by atoms with E-state index < -0.39 is 9.84 Å². The molecule has 0 aromatic carbocycles. The minimum absolute atomic E-state index is 0.0978. The number of hydrogen-bond donors (Lipinski definition) is 1. The molecule has 4 heteroatoms. The van der Waals surface area contributed by atoms with E-state index in [1.165, 1.54) is 19.1 Å². The van der Waals surface area contributed by atoms with Gasteiger partial charge in [-0.2, -0.15) is 0 Å². The first kappa shape index (κ1) is 9.99. The molecule has 0 heterocycles. The van der Waals surface area contributed by atoms with Gasteiger partial charge in [0.25, 0.3) is 0 Å². The number of sulfone groups is 1. The molecule has 0 aromatic rings. The highest BCUT2D eigenvalue weighted by Crippen LogP contribution is 2.27. The van der Waals surface area contributed by atoms with E-state index in [0.717, 1.165) is 12.5 Å². The van der Waals surface area contributed by atoms with Crippen molar-refractivity contribution in [2.75, 3.05) is 18.6 Å². The molecule has 1 rings (SSSR count). The Hall–Kier alpha value is -0.0900. The highest BCUT2D eigenvalue weighted by atomic mass is 32.2. The summed E-state index contributed by atoms with van der Waals surface area (Å²) >= 11 is 0. The average Bonchev–Trinajstić information content (AvgIpc) is 2.61. The minimum atomic E-state index is -2.81. The summed E-state index contributed by atoms with van der Waals surface area (Å²) in [4.78, 5) is 0. The maximum atomic E-state index is 10.9. The largest absolute Gasteiger partial charge is 0.313 e. The first-order valence-corrected chi connectivity index (χ1v) is 6.44. The lowest BCUT2D eigenvalue weighted by atomic mass is 10.3. The Labute approximate surface area is 74.5 Å². The molecule has 1 fully saturated rings. The highest BCUT2D eigenvalue weighted by molar-refractivity contribution is 7.90. The minimum Gasteiger partial charge on any atom is -0.313 e. The summed E-state index contributed by atoms with van der Waals surface area (Å²) in [5.41, 5.74) is 0. The second-order valence-corrected chi connectivity index (χ2v) is 6.03. The van der Waals surface area contributed by atoms with Crippen molar-refractivity contribution in [1.29, 1.82) is 0 Å². The van der Waals surface area contributed by atoms with Gasteiger partial charge in [-0.1, -0.05) is 0 Å². The van der Waals surface area contributed by atoms with E-state index in [2.05, 4.69) is 5.32 Å². The van der Waals surface area contributed by atoms with E-state index in [1.54, 1.807) is 0 Å². The third-order valence-electron chi connectivity index (χ3n) is 2.00. The van der Waals surface area contributed by atoms with Gasteiger partial charge in [0.05, 0.1) is 5.75 Å². The smallest absolute Gasteiger partial charge is 0.148 e. The SMILES string of the molecule is CC(CS(C)(=O)=O)NCC1CC1. The predicted octanol–water partition coefficient (Wildman–Crippen LogP) is 0.419. The summed E-state index contributed by atoms with van der Waals surface area (Å²) in [5, 5.41) is 3.22. The van der Waals surface area contributed by atoms with Crippen LogP contribution in [0.4, 0.5) is 0 Å². The Morgan fingerprint density at radius 3 is 2.50 bits per heavy atom. The van der Waals surface area contributed by atoms with Crippen molar-refractivity contribution in [1.82, 2.24) is 5.32 Å². The van der Waals surface area contributed by atoms with E-state index >= 15 is 0 Å². The second-order valence-electron chi connectivity index (χ2n) is 3.85. The van der Waals surface area contributed by atoms with Crippen molar-refractivity contribution < 1.29 is 8.42 Å². The zero-order valence-corrected chi connectivity index (χ0v) is 8.52. The van der Waals surface area contributed by atoms with Crippen LogP contribution in [0.25, 0.3) is 0 Å². The summed E-state index contributed by atoms with van der Waals surface area (Å²) in [7, 11) is -2.81. The molecule has 1 aliphatic carbocycles. The van der Waals surface area contributed by atoms with E-state index in [9.17, 15) is 8.42 Å². The molecule has 1 saturated carbocycles. The second kappa shape index (κ2) is 3.75. The molecule has 0 spiro atoms. The molecular formula is C8H17NO2S. The highest BCUT2D eigenvalue weighted by Gasteiger charge is 2.21. The molecule has 1 unspecified atom stereocenters. The van der Waals surface area contributed by atoms with Gasteiger partial charge >= 0.3 is 0 Å². The maximum absolute atomic E-state index is 10.9. The summed E-state index contributed by atoms with van der Waals surface area (Å²) in [6.07, 6.45) is 3.89. The summed E-state index contributed by atoms with van der Waals surface area (Å²) < 4.78 is 21.7. The molecule has 1 aliphatic rings. The molecule has 0 radical (unpaired) electrons. The third-order valence-corrected chi connectivity index (χ3v) is 3.11. The summed E-state index contributed by atoms with van der Waals surface area (Å²) in [5.74, 6) is 1.06. The van der Waals surface area contributed by atoms with Crippen molar-refractivity contribution in [3.63, 3.8) is 0 Å². The van der Waals surface area contributed by atoms with Crippen molar-refractivity contribution in [3.05, 3.63) is 0 Å². The monoisotopic (exact) mass is 191 g/mol. The standard InChI is InChI=1S/C8H17NO2S/c1-7(6-12(2,10)11)9-5-8-3-4-8/h7-9H,3-6H2,1-2H3. The lowest BCUT2D eigenvalue weighted by Crippen LogP contribution is -2.33. The molecular weight excluding hydrogens is 174 g/mol. The Bertz CT molecular complexity index is 231. The van der Waals surface area contributed by atoms with Crippen molar-refractivity contribution in [3.8, 4) is 0 Å². The van der Waals surface area contributed by atoms with E-state index in [-0.39, 0.29) is 11.8 Å². The van der Waals surface area contributed by atoms with E-state index in [0.29, 0.717) is 0 Å². The molecule has 0 amide bonds. The van der Waals surface area contributed by atoms with Gasteiger partial charge in [-0.25, -0.2) is 8.42 Å². The molecule has 1 atom stereocenters. The van der Waals surface area contributed by atoms with Crippen molar-refractivity contribution in [2.24, 2.45) is 5.92 Å². The zero-order chi connectivity index (χ0) is 9.19. The number of hydrogen-bond acceptors (Lipinski definition) is 3. The van der Waals surface area contributed by atoms with Crippen LogP contribution >= 0.6 is 0 Å². The van der Waals surface area contributed by atoms with Gasteiger partial charge in [-0.15, -0.1) is 0 Å². The molecule has 0 bridgehead atoms. The first-order chi connectivity index (χ1) is 5.47. The zero-order valence-electron chi connectivity index (χ0n) is 7.71. The molecule has 0 aliphatic heterocycles. The quantitative estimate of drug-likeness (QED) is 0.685. The molecule has 1 N–H and O–H groups in total. The van der Waals surface area contributed by atoms with Crippen LogP contribution in [0, 0.1) is 5.92 Å². The fourth-order valence-electron chi connectivity index (χ4n) is 1.20. The molecule has 0 aromatic heterocycles. The Balaban J connectivity index is 2.14. The summed E-state index contributed by atoms with van der Waals surface area (Å²) in [6.45, 7) is 2.90. The first-order valence-electron chi connectivity index (χ1n) is 4.38. The van der Waals surface area contributed by atoms with Crippen LogP contribution in [0.5, 0.6) is 0 Å². The van der Waals surface area contributed by atoms with Crippen molar-refractivity contribution >= 4 is 9.84 Å². The Morgan fingerprint density at radius 2 is 2.08 bits per heavy atom. The van der Waals surface area contributed by atoms with Gasteiger partial charge in [-0.3, -0.25) is 0 Å². The molecule has 3 nitrogen and oxygen atoms in total. The van der Waals surface area contributed by atoms with Gasteiger partial charge in [0, 0.05) is 12.3 Å². The molecule has 72 valence electrons. The van der Waals surface area contributed by atoms with Gasteiger partial charge < -0.3 is 5.32 Å². The van der Waals surface area contributed by atoms with Crippen LogP contribution in [0.1, 0.15) is 19.8 Å². The van der Waals surface area contributed by atoms with Gasteiger partial charge in [-0.05, 0) is 32.2 Å². The van der Waals surface area contributed by atoms with E-state index in [1.807, 2.05) is 6.92 Å². The summed E-state index contributed by atoms with van der Waals surface area (Å²) in [6, 6.07) is 0.0978.